The van der Waals surface area contributed by atoms with Crippen LogP contribution in [0.1, 0.15) is 27.9 Å². The number of carboxylic acid groups (broad SMARTS) is 1. The summed E-state index contributed by atoms with van der Waals surface area (Å²) in [5.74, 6) is -4.28. The normalized spacial score (nSPS) is 13.0. The zero-order valence-electron chi connectivity index (χ0n) is 30.5. The van der Waals surface area contributed by atoms with Gasteiger partial charge in [-0.05, 0) is 66.2 Å². The van der Waals surface area contributed by atoms with E-state index in [1.165, 1.54) is 36.4 Å². The second-order valence-electron chi connectivity index (χ2n) is 12.3. The molecular weight excluding hydrogens is 910 g/mol. The van der Waals surface area contributed by atoms with Gasteiger partial charge in [0.15, 0.2) is 15.6 Å². The number of nitrogens with one attached hydrogen (secondary N) is 2. The smallest absolute Gasteiger partial charge is 0.337 e. The zero-order chi connectivity index (χ0) is 44.8. The van der Waals surface area contributed by atoms with E-state index in [-0.39, 0.29) is 40.5 Å². The van der Waals surface area contributed by atoms with Gasteiger partial charge in [0.1, 0.15) is 17.2 Å². The SMILES string of the molecule is O=C(O)c1ccc(S(=O)(=O)O)cc1N=NC(N=Nc1cc(S(=O)(=O)O)cc(Nc2nc(Cl)nc(CCNc3ccc(S(=O)(=O)CCS(=O)(=O)O)cc3)n2)c1O)c1ccccc1. The van der Waals surface area contributed by atoms with Crippen molar-refractivity contribution in [3.63, 3.8) is 0 Å². The van der Waals surface area contributed by atoms with E-state index < -0.39 is 102 Å². The average Bonchev–Trinajstić information content (AvgIpc) is 3.17. The summed E-state index contributed by atoms with van der Waals surface area (Å²) in [5.41, 5.74) is -1.24. The summed E-state index contributed by atoms with van der Waals surface area (Å²) < 4.78 is 123. The first-order valence-electron chi connectivity index (χ1n) is 16.7. The van der Waals surface area contributed by atoms with E-state index in [0.29, 0.717) is 5.69 Å². The fraction of sp³-hybridized carbons (Fsp3) is 0.152. The van der Waals surface area contributed by atoms with Crippen molar-refractivity contribution in [2.24, 2.45) is 20.5 Å². The van der Waals surface area contributed by atoms with Gasteiger partial charge in [0.25, 0.3) is 30.4 Å². The molecule has 1 unspecified atom stereocenters. The van der Waals surface area contributed by atoms with Crippen LogP contribution in [0.25, 0.3) is 0 Å². The Balaban J connectivity index is 1.40. The molecule has 61 heavy (non-hydrogen) atoms. The summed E-state index contributed by atoms with van der Waals surface area (Å²) in [5, 5.41) is 41.8. The number of phenolic OH excluding ortho intramolecular Hbond substituents is 1. The monoisotopic (exact) mass is 939 g/mol. The molecule has 0 aliphatic heterocycles. The van der Waals surface area contributed by atoms with Gasteiger partial charge in [-0.1, -0.05) is 30.3 Å². The third kappa shape index (κ3) is 13.0. The number of benzene rings is 4. The molecule has 0 aliphatic rings. The largest absolute Gasteiger partial charge is 0.504 e. The highest BCUT2D eigenvalue weighted by Gasteiger charge is 2.22. The van der Waals surface area contributed by atoms with Crippen LogP contribution in [0.3, 0.4) is 0 Å². The lowest BCUT2D eigenvalue weighted by Crippen LogP contribution is -2.16. The van der Waals surface area contributed by atoms with Gasteiger partial charge < -0.3 is 20.8 Å². The number of hydrogen-bond acceptors (Lipinski definition) is 19. The van der Waals surface area contributed by atoms with Crippen LogP contribution in [0.15, 0.2) is 120 Å². The summed E-state index contributed by atoms with van der Waals surface area (Å²) in [4.78, 5) is 22.3. The molecule has 0 saturated carbocycles. The number of aromatic carboxylic acids is 1. The van der Waals surface area contributed by atoms with E-state index in [1.54, 1.807) is 18.2 Å². The molecule has 0 amide bonds. The van der Waals surface area contributed by atoms with Crippen LogP contribution in [0, 0.1) is 0 Å². The molecule has 5 rings (SSSR count). The van der Waals surface area contributed by atoms with Crippen LogP contribution in [0.2, 0.25) is 5.28 Å². The number of sulfone groups is 1. The Morgan fingerprint density at radius 3 is 1.93 bits per heavy atom. The zero-order valence-corrected chi connectivity index (χ0v) is 34.6. The van der Waals surface area contributed by atoms with Crippen molar-refractivity contribution < 1.29 is 62.3 Å². The number of rotatable bonds is 18. The summed E-state index contributed by atoms with van der Waals surface area (Å²) in [6, 6.07) is 17.2. The molecule has 0 radical (unpaired) electrons. The molecule has 0 saturated heterocycles. The molecule has 7 N–H and O–H groups in total. The molecule has 28 heteroatoms. The van der Waals surface area contributed by atoms with Crippen molar-refractivity contribution in [2.45, 2.75) is 27.3 Å². The van der Waals surface area contributed by atoms with Crippen LogP contribution in [-0.2, 0) is 46.6 Å². The first kappa shape index (κ1) is 46.0. The van der Waals surface area contributed by atoms with Crippen LogP contribution in [0.4, 0.5) is 28.7 Å². The highest BCUT2D eigenvalue weighted by molar-refractivity contribution is 7.93. The molecule has 0 fully saturated rings. The van der Waals surface area contributed by atoms with Gasteiger partial charge in [0.2, 0.25) is 17.4 Å². The fourth-order valence-electron chi connectivity index (χ4n) is 4.98. The number of phenols is 1. The Labute approximate surface area is 351 Å². The molecule has 0 aliphatic carbocycles. The molecule has 0 spiro atoms. The van der Waals surface area contributed by atoms with Gasteiger partial charge in [0.05, 0.1) is 37.4 Å². The number of carbonyl (C=O) groups is 1. The van der Waals surface area contributed by atoms with Crippen molar-refractivity contribution in [2.75, 3.05) is 28.7 Å². The van der Waals surface area contributed by atoms with Crippen molar-refractivity contribution >= 4 is 86.5 Å². The highest BCUT2D eigenvalue weighted by Crippen LogP contribution is 2.40. The van der Waals surface area contributed by atoms with Gasteiger partial charge in [0, 0.05) is 24.2 Å². The Kier molecular flexibility index (Phi) is 14.1. The van der Waals surface area contributed by atoms with Crippen LogP contribution in [0.5, 0.6) is 5.75 Å². The number of carboxylic acids is 1. The number of aromatic hydroxyl groups is 1. The number of anilines is 3. The summed E-state index contributed by atoms with van der Waals surface area (Å²) in [7, 11) is -18.2. The first-order valence-corrected chi connectivity index (χ1v) is 23.3. The Hall–Kier alpha value is -6.07. The Morgan fingerprint density at radius 1 is 0.721 bits per heavy atom. The Morgan fingerprint density at radius 2 is 1.33 bits per heavy atom. The Bertz CT molecular complexity index is 2980. The van der Waals surface area contributed by atoms with Crippen molar-refractivity contribution in [1.29, 1.82) is 0 Å². The van der Waals surface area contributed by atoms with Crippen molar-refractivity contribution in [3.05, 3.63) is 107 Å². The summed E-state index contributed by atoms with van der Waals surface area (Å²) in [6.07, 6.45) is -1.37. The summed E-state index contributed by atoms with van der Waals surface area (Å²) in [6.45, 7) is 0.145. The van der Waals surface area contributed by atoms with E-state index in [2.05, 4.69) is 46.0 Å². The maximum atomic E-state index is 12.4. The van der Waals surface area contributed by atoms with Gasteiger partial charge in [-0.2, -0.15) is 50.6 Å². The predicted molar refractivity (Wildman–Crippen MR) is 215 cm³/mol. The molecule has 322 valence electrons. The van der Waals surface area contributed by atoms with E-state index in [9.17, 15) is 57.8 Å². The van der Waals surface area contributed by atoms with Gasteiger partial charge in [-0.15, -0.1) is 5.11 Å². The van der Waals surface area contributed by atoms with Gasteiger partial charge >= 0.3 is 5.97 Å². The van der Waals surface area contributed by atoms with E-state index in [4.69, 9.17) is 16.2 Å². The molecule has 5 aromatic rings. The fourth-order valence-corrected chi connectivity index (χ4v) is 8.69. The minimum absolute atomic E-state index is 0.0747. The van der Waals surface area contributed by atoms with E-state index >= 15 is 0 Å². The van der Waals surface area contributed by atoms with Crippen molar-refractivity contribution in [3.8, 4) is 5.75 Å². The number of aromatic nitrogens is 3. The lowest BCUT2D eigenvalue weighted by molar-refractivity contribution is 0.0697. The number of hydrogen-bond donors (Lipinski definition) is 7. The minimum atomic E-state index is -4.97. The highest BCUT2D eigenvalue weighted by atomic mass is 35.5. The second-order valence-corrected chi connectivity index (χ2v) is 19.1. The summed E-state index contributed by atoms with van der Waals surface area (Å²) >= 11 is 6.12. The molecule has 1 aromatic heterocycles. The first-order chi connectivity index (χ1) is 28.5. The standard InChI is InChI=1S/C33H30ClN9O14S4/c34-32-37-28(12-13-35-20-6-8-21(9-7-20)58(47,48)14-15-59(49,50)51)38-33(39-32)36-26-17-23(61(55,56)57)18-27(29(26)44)41-43-30(19-4-2-1-3-5-19)42-40-25-16-22(60(52,53)54)10-11-24(25)31(45)46/h1-11,16-18,30,35,44H,12-15H2,(H,45,46)(H,49,50,51)(H,52,53,54)(H,55,56,57)(H,36,37,38,39). The third-order valence-electron chi connectivity index (χ3n) is 7.91. The molecule has 0 bridgehead atoms. The van der Waals surface area contributed by atoms with Gasteiger partial charge in [-0.25, -0.2) is 18.2 Å². The van der Waals surface area contributed by atoms with Crippen molar-refractivity contribution in [1.82, 2.24) is 15.0 Å². The average molecular weight is 940 g/mol. The topological polar surface area (TPSA) is 367 Å². The van der Waals surface area contributed by atoms with Crippen LogP contribution < -0.4 is 10.6 Å². The second kappa shape index (κ2) is 18.7. The minimum Gasteiger partial charge on any atom is -0.504 e. The number of halogens is 1. The lowest BCUT2D eigenvalue weighted by atomic mass is 10.2. The number of nitrogens with zero attached hydrogens (tertiary/aromatic N) is 7. The molecule has 23 nitrogen and oxygen atoms in total. The lowest BCUT2D eigenvalue weighted by Gasteiger charge is -2.12. The molecule has 1 heterocycles. The predicted octanol–water partition coefficient (Wildman–Crippen LogP) is 5.05. The van der Waals surface area contributed by atoms with Crippen LogP contribution in [-0.4, -0.2) is 96.5 Å². The van der Waals surface area contributed by atoms with Crippen LogP contribution >= 0.6 is 11.6 Å². The maximum Gasteiger partial charge on any atom is 0.337 e. The molecule has 1 atom stereocenters. The maximum absolute atomic E-state index is 12.4. The molecular formula is C33H30ClN9O14S4. The number of azo groups is 2. The molecule has 4 aromatic carbocycles. The van der Waals surface area contributed by atoms with E-state index in [0.717, 1.165) is 30.3 Å². The van der Waals surface area contributed by atoms with E-state index in [1.807, 2.05) is 0 Å². The third-order valence-corrected chi connectivity index (χ3v) is 12.5. The van der Waals surface area contributed by atoms with Gasteiger partial charge in [-0.3, -0.25) is 13.7 Å². The quantitative estimate of drug-likeness (QED) is 0.0343.